The lowest BCUT2D eigenvalue weighted by molar-refractivity contribution is 0.413. The van der Waals surface area contributed by atoms with Crippen LogP contribution in [0.25, 0.3) is 0 Å². The van der Waals surface area contributed by atoms with Crippen LogP contribution >= 0.6 is 15.9 Å². The van der Waals surface area contributed by atoms with E-state index in [1.54, 1.807) is 24.3 Å². The molecule has 2 fully saturated rings. The molecule has 0 spiro atoms. The molecule has 21 heavy (non-hydrogen) atoms. The Balaban J connectivity index is 1.71. The highest BCUT2D eigenvalue weighted by Crippen LogP contribution is 2.48. The molecule has 2 aliphatic rings. The summed E-state index contributed by atoms with van der Waals surface area (Å²) in [5.74, 6) is 1.99. The lowest BCUT2D eigenvalue weighted by atomic mass is 9.86. The van der Waals surface area contributed by atoms with E-state index < -0.39 is 10.0 Å². The van der Waals surface area contributed by atoms with Crippen LogP contribution < -0.4 is 4.83 Å². The molecule has 0 aromatic heterocycles. The third kappa shape index (κ3) is 3.16. The maximum Gasteiger partial charge on any atom is 0.276 e. The predicted molar refractivity (Wildman–Crippen MR) is 86.5 cm³/mol. The molecule has 0 amide bonds. The van der Waals surface area contributed by atoms with Gasteiger partial charge in [0.05, 0.1) is 4.90 Å². The first-order valence-electron chi connectivity index (χ1n) is 7.27. The number of halogens is 1. The van der Waals surface area contributed by atoms with Gasteiger partial charge in [-0.25, -0.2) is 4.83 Å². The molecule has 1 aromatic rings. The molecule has 2 aliphatic carbocycles. The van der Waals surface area contributed by atoms with E-state index in [9.17, 15) is 8.42 Å². The van der Waals surface area contributed by atoms with Crippen molar-refractivity contribution < 1.29 is 8.42 Å². The average Bonchev–Trinajstić information content (AvgIpc) is 3.08. The Labute approximate surface area is 134 Å². The lowest BCUT2D eigenvalue weighted by Gasteiger charge is -2.21. The Bertz CT molecular complexity index is 655. The topological polar surface area (TPSA) is 58.5 Å². The van der Waals surface area contributed by atoms with E-state index in [4.69, 9.17) is 0 Å². The summed E-state index contributed by atoms with van der Waals surface area (Å²) in [4.78, 5) is 2.61. The van der Waals surface area contributed by atoms with Gasteiger partial charge in [-0.3, -0.25) is 0 Å². The van der Waals surface area contributed by atoms with E-state index in [0.717, 1.165) is 16.1 Å². The Morgan fingerprint density at radius 3 is 2.52 bits per heavy atom. The van der Waals surface area contributed by atoms with Gasteiger partial charge in [-0.1, -0.05) is 22.4 Å². The maximum atomic E-state index is 12.2. The largest absolute Gasteiger partial charge is 0.276 e. The minimum atomic E-state index is -3.57. The van der Waals surface area contributed by atoms with Crippen LogP contribution in [0.15, 0.2) is 38.7 Å². The molecule has 0 saturated heterocycles. The molecular formula is C15H19BrN2O2S. The second-order valence-electron chi connectivity index (χ2n) is 6.08. The van der Waals surface area contributed by atoms with E-state index in [1.165, 1.54) is 25.7 Å². The molecule has 2 bridgehead atoms. The number of hydrogen-bond donors (Lipinski definition) is 1. The van der Waals surface area contributed by atoms with Crippen molar-refractivity contribution in [1.82, 2.24) is 4.83 Å². The number of benzene rings is 1. The fourth-order valence-electron chi connectivity index (χ4n) is 3.64. The highest BCUT2D eigenvalue weighted by Gasteiger charge is 2.40. The summed E-state index contributed by atoms with van der Waals surface area (Å²) in [5.41, 5.74) is 0.919. The van der Waals surface area contributed by atoms with E-state index in [1.807, 2.05) is 6.92 Å². The van der Waals surface area contributed by atoms with Gasteiger partial charge in [-0.15, -0.1) is 0 Å². The van der Waals surface area contributed by atoms with Gasteiger partial charge in [0.15, 0.2) is 0 Å². The lowest BCUT2D eigenvalue weighted by Crippen LogP contribution is -2.24. The zero-order valence-corrected chi connectivity index (χ0v) is 14.3. The molecule has 6 heteroatoms. The van der Waals surface area contributed by atoms with E-state index in [2.05, 4.69) is 25.9 Å². The monoisotopic (exact) mass is 370 g/mol. The quantitative estimate of drug-likeness (QED) is 0.650. The maximum absolute atomic E-state index is 12.2. The number of nitrogens with one attached hydrogen (secondary N) is 1. The number of nitrogens with zero attached hydrogens (tertiary/aromatic N) is 1. The fourth-order valence-corrected chi connectivity index (χ4v) is 4.77. The van der Waals surface area contributed by atoms with Crippen molar-refractivity contribution in [3.63, 3.8) is 0 Å². The summed E-state index contributed by atoms with van der Waals surface area (Å²) in [5, 5.41) is 4.16. The molecule has 2 saturated carbocycles. The average molecular weight is 371 g/mol. The van der Waals surface area contributed by atoms with Crippen LogP contribution in [0, 0.1) is 17.8 Å². The van der Waals surface area contributed by atoms with Crippen LogP contribution in [0.5, 0.6) is 0 Å². The zero-order chi connectivity index (χ0) is 15.0. The molecule has 3 rings (SSSR count). The second kappa shape index (κ2) is 5.72. The van der Waals surface area contributed by atoms with Crippen molar-refractivity contribution in [2.24, 2.45) is 22.9 Å². The molecule has 114 valence electrons. The third-order valence-electron chi connectivity index (χ3n) is 4.74. The molecular weight excluding hydrogens is 352 g/mol. The second-order valence-corrected chi connectivity index (χ2v) is 8.66. The van der Waals surface area contributed by atoms with Gasteiger partial charge in [0.2, 0.25) is 0 Å². The van der Waals surface area contributed by atoms with Crippen LogP contribution in [-0.2, 0) is 10.0 Å². The van der Waals surface area contributed by atoms with Crippen LogP contribution in [0.2, 0.25) is 0 Å². The molecule has 1 aromatic carbocycles. The van der Waals surface area contributed by atoms with Crippen LogP contribution in [0.1, 0.15) is 32.6 Å². The first kappa shape index (κ1) is 15.0. The van der Waals surface area contributed by atoms with Gasteiger partial charge in [0.25, 0.3) is 10.0 Å². The molecule has 0 unspecified atom stereocenters. The highest BCUT2D eigenvalue weighted by atomic mass is 79.9. The Kier molecular flexibility index (Phi) is 4.10. The van der Waals surface area contributed by atoms with Gasteiger partial charge < -0.3 is 0 Å². The van der Waals surface area contributed by atoms with Crippen LogP contribution in [-0.4, -0.2) is 14.1 Å². The number of sulfonamides is 1. The highest BCUT2D eigenvalue weighted by molar-refractivity contribution is 9.10. The standard InChI is InChI=1S/C15H19BrN2O2S/c1-10(15-9-11-2-3-12(15)8-11)17-18-21(19,20)14-6-4-13(16)5-7-14/h4-7,11-12,15,18H,2-3,8-9H2,1H3/b17-10-/t11-,12-,15+/m1/s1. The summed E-state index contributed by atoms with van der Waals surface area (Å²) in [7, 11) is -3.57. The molecule has 0 heterocycles. The third-order valence-corrected chi connectivity index (χ3v) is 6.49. The summed E-state index contributed by atoms with van der Waals surface area (Å²) >= 11 is 3.29. The minimum Gasteiger partial charge on any atom is -0.200 e. The molecule has 0 aliphatic heterocycles. The van der Waals surface area contributed by atoms with Crippen molar-refractivity contribution in [1.29, 1.82) is 0 Å². The summed E-state index contributed by atoms with van der Waals surface area (Å²) in [6, 6.07) is 6.55. The molecule has 3 atom stereocenters. The molecule has 0 radical (unpaired) electrons. The van der Waals surface area contributed by atoms with Gasteiger partial charge in [0, 0.05) is 16.1 Å². The predicted octanol–water partition coefficient (Wildman–Crippen LogP) is 3.54. The first-order chi connectivity index (χ1) is 9.95. The zero-order valence-electron chi connectivity index (χ0n) is 11.9. The Hall–Kier alpha value is -0.880. The van der Waals surface area contributed by atoms with Gasteiger partial charge >= 0.3 is 0 Å². The Morgan fingerprint density at radius 2 is 1.95 bits per heavy atom. The van der Waals surface area contributed by atoms with Crippen molar-refractivity contribution in [2.45, 2.75) is 37.5 Å². The molecule has 1 N–H and O–H groups in total. The van der Waals surface area contributed by atoms with E-state index in [0.29, 0.717) is 11.8 Å². The van der Waals surface area contributed by atoms with Gasteiger partial charge in [0.1, 0.15) is 0 Å². The van der Waals surface area contributed by atoms with Crippen molar-refractivity contribution >= 4 is 31.7 Å². The SMILES string of the molecule is C/C(=N/NS(=O)(=O)c1ccc(Br)cc1)[C@@H]1C[C@@H]2CC[C@@H]1C2. The van der Waals surface area contributed by atoms with E-state index in [-0.39, 0.29) is 4.90 Å². The van der Waals surface area contributed by atoms with Gasteiger partial charge in [-0.05, 0) is 62.3 Å². The number of rotatable bonds is 4. The van der Waals surface area contributed by atoms with Crippen molar-refractivity contribution in [2.75, 3.05) is 0 Å². The van der Waals surface area contributed by atoms with Crippen LogP contribution in [0.3, 0.4) is 0 Å². The summed E-state index contributed by atoms with van der Waals surface area (Å²) < 4.78 is 25.2. The minimum absolute atomic E-state index is 0.232. The number of hydrazone groups is 1. The normalized spacial score (nSPS) is 28.9. The van der Waals surface area contributed by atoms with Crippen LogP contribution in [0.4, 0.5) is 0 Å². The van der Waals surface area contributed by atoms with Gasteiger partial charge in [-0.2, -0.15) is 13.5 Å². The fraction of sp³-hybridized carbons (Fsp3) is 0.533. The summed E-state index contributed by atoms with van der Waals surface area (Å²) in [6.07, 6.45) is 5.05. The number of hydrogen-bond acceptors (Lipinski definition) is 3. The first-order valence-corrected chi connectivity index (χ1v) is 9.55. The summed E-state index contributed by atoms with van der Waals surface area (Å²) in [6.45, 7) is 1.94. The van der Waals surface area contributed by atoms with Crippen molar-refractivity contribution in [3.05, 3.63) is 28.7 Å². The van der Waals surface area contributed by atoms with E-state index >= 15 is 0 Å². The van der Waals surface area contributed by atoms with Crippen molar-refractivity contribution in [3.8, 4) is 0 Å². The molecule has 4 nitrogen and oxygen atoms in total. The number of fused-ring (bicyclic) bond motifs is 2. The smallest absolute Gasteiger partial charge is 0.200 e. The Morgan fingerprint density at radius 1 is 1.24 bits per heavy atom.